The van der Waals surface area contributed by atoms with Crippen molar-refractivity contribution in [3.8, 4) is 11.3 Å². The van der Waals surface area contributed by atoms with Gasteiger partial charge in [0.25, 0.3) is 0 Å². The second kappa shape index (κ2) is 6.92. The highest BCUT2D eigenvalue weighted by atomic mass is 32.2. The van der Waals surface area contributed by atoms with Crippen LogP contribution in [0.15, 0.2) is 66.0 Å². The van der Waals surface area contributed by atoms with E-state index in [0.29, 0.717) is 11.3 Å². The standard InChI is InChI=1S/C21H18FN3S/c1-14-7-8-15(2)17(11-14)19-12-20-21(23-9-10-25(20)24-19)26-13-16-5-3-4-6-18(16)22/h3-12H,13H2,1-2H3. The van der Waals surface area contributed by atoms with Gasteiger partial charge in [-0.15, -0.1) is 0 Å². The van der Waals surface area contributed by atoms with Gasteiger partial charge in [-0.3, -0.25) is 0 Å². The van der Waals surface area contributed by atoms with E-state index in [2.05, 4.69) is 43.1 Å². The Hall–Kier alpha value is -2.66. The third kappa shape index (κ3) is 3.22. The second-order valence-electron chi connectivity index (χ2n) is 6.29. The maximum atomic E-state index is 13.9. The highest BCUT2D eigenvalue weighted by Gasteiger charge is 2.12. The highest BCUT2D eigenvalue weighted by Crippen LogP contribution is 2.30. The first-order valence-corrected chi connectivity index (χ1v) is 9.38. The van der Waals surface area contributed by atoms with Crippen molar-refractivity contribution in [3.05, 3.63) is 83.4 Å². The monoisotopic (exact) mass is 363 g/mol. The molecule has 0 aliphatic rings. The molecule has 2 aromatic heterocycles. The summed E-state index contributed by atoms with van der Waals surface area (Å²) in [6.07, 6.45) is 3.58. The lowest BCUT2D eigenvalue weighted by Crippen LogP contribution is -1.92. The maximum Gasteiger partial charge on any atom is 0.127 e. The molecule has 0 aliphatic heterocycles. The van der Waals surface area contributed by atoms with Crippen molar-refractivity contribution < 1.29 is 4.39 Å². The lowest BCUT2D eigenvalue weighted by molar-refractivity contribution is 0.617. The fourth-order valence-corrected chi connectivity index (χ4v) is 3.88. The molecule has 3 nitrogen and oxygen atoms in total. The molecule has 2 heterocycles. The Kier molecular flexibility index (Phi) is 4.47. The van der Waals surface area contributed by atoms with E-state index in [1.54, 1.807) is 18.3 Å². The van der Waals surface area contributed by atoms with Gasteiger partial charge in [0.2, 0.25) is 0 Å². The molecule has 0 spiro atoms. The van der Waals surface area contributed by atoms with Gasteiger partial charge in [-0.25, -0.2) is 13.9 Å². The first-order chi connectivity index (χ1) is 12.6. The summed E-state index contributed by atoms with van der Waals surface area (Å²) in [7, 11) is 0. The van der Waals surface area contributed by atoms with Crippen LogP contribution in [0.5, 0.6) is 0 Å². The molecule has 0 saturated carbocycles. The third-order valence-corrected chi connectivity index (χ3v) is 5.39. The normalized spacial score (nSPS) is 11.2. The zero-order valence-corrected chi connectivity index (χ0v) is 15.4. The van der Waals surface area contributed by atoms with Crippen LogP contribution >= 0.6 is 11.8 Å². The second-order valence-corrected chi connectivity index (χ2v) is 7.25. The smallest absolute Gasteiger partial charge is 0.127 e. The van der Waals surface area contributed by atoms with Crippen LogP contribution in [-0.4, -0.2) is 14.6 Å². The van der Waals surface area contributed by atoms with Crippen molar-refractivity contribution in [2.75, 3.05) is 0 Å². The molecule has 0 bridgehead atoms. The number of aromatic nitrogens is 3. The first kappa shape index (κ1) is 16.8. The topological polar surface area (TPSA) is 30.2 Å². The quantitative estimate of drug-likeness (QED) is 0.452. The van der Waals surface area contributed by atoms with E-state index >= 15 is 0 Å². The molecule has 4 aromatic rings. The number of halogens is 1. The lowest BCUT2D eigenvalue weighted by atomic mass is 10.0. The van der Waals surface area contributed by atoms with E-state index in [-0.39, 0.29) is 5.82 Å². The average Bonchev–Trinajstić information content (AvgIpc) is 3.07. The Morgan fingerprint density at radius 3 is 2.77 bits per heavy atom. The summed E-state index contributed by atoms with van der Waals surface area (Å²) in [5, 5.41) is 5.55. The minimum absolute atomic E-state index is 0.184. The number of aryl methyl sites for hydroxylation is 2. The predicted molar refractivity (Wildman–Crippen MR) is 104 cm³/mol. The molecule has 26 heavy (non-hydrogen) atoms. The average molecular weight is 363 g/mol. The van der Waals surface area contributed by atoms with E-state index in [1.165, 1.54) is 29.0 Å². The summed E-state index contributed by atoms with van der Waals surface area (Å²) < 4.78 is 15.7. The van der Waals surface area contributed by atoms with Crippen molar-refractivity contribution in [2.45, 2.75) is 24.6 Å². The summed E-state index contributed by atoms with van der Waals surface area (Å²) in [6.45, 7) is 4.17. The van der Waals surface area contributed by atoms with Crippen LogP contribution in [-0.2, 0) is 5.75 Å². The van der Waals surface area contributed by atoms with Crippen molar-refractivity contribution in [1.82, 2.24) is 14.6 Å². The van der Waals surface area contributed by atoms with Gasteiger partial charge in [-0.05, 0) is 43.2 Å². The molecule has 0 unspecified atom stereocenters. The van der Waals surface area contributed by atoms with Gasteiger partial charge >= 0.3 is 0 Å². The van der Waals surface area contributed by atoms with E-state index in [9.17, 15) is 4.39 Å². The van der Waals surface area contributed by atoms with Crippen LogP contribution < -0.4 is 0 Å². The molecule has 0 atom stereocenters. The Morgan fingerprint density at radius 2 is 1.92 bits per heavy atom. The minimum atomic E-state index is -0.184. The number of hydrogen-bond acceptors (Lipinski definition) is 3. The van der Waals surface area contributed by atoms with Crippen molar-refractivity contribution in [2.24, 2.45) is 0 Å². The zero-order valence-electron chi connectivity index (χ0n) is 14.6. The van der Waals surface area contributed by atoms with Crippen LogP contribution in [0.4, 0.5) is 4.39 Å². The molecule has 0 amide bonds. The van der Waals surface area contributed by atoms with Gasteiger partial charge in [-0.1, -0.05) is 47.7 Å². The van der Waals surface area contributed by atoms with Gasteiger partial charge in [0.15, 0.2) is 0 Å². The number of hydrogen-bond donors (Lipinski definition) is 0. The molecule has 0 saturated heterocycles. The number of benzene rings is 2. The summed E-state index contributed by atoms with van der Waals surface area (Å²) in [5.74, 6) is 0.347. The van der Waals surface area contributed by atoms with Crippen LogP contribution in [0, 0.1) is 19.7 Å². The highest BCUT2D eigenvalue weighted by molar-refractivity contribution is 7.98. The molecular formula is C21H18FN3S. The summed E-state index contributed by atoms with van der Waals surface area (Å²) in [6, 6.07) is 15.3. The van der Waals surface area contributed by atoms with Crippen LogP contribution in [0.1, 0.15) is 16.7 Å². The number of nitrogens with zero attached hydrogens (tertiary/aromatic N) is 3. The van der Waals surface area contributed by atoms with Gasteiger partial charge in [0.1, 0.15) is 10.8 Å². The zero-order chi connectivity index (χ0) is 18.1. The molecule has 0 N–H and O–H groups in total. The number of rotatable bonds is 4. The van der Waals surface area contributed by atoms with Crippen molar-refractivity contribution in [3.63, 3.8) is 0 Å². The van der Waals surface area contributed by atoms with Crippen LogP contribution in [0.2, 0.25) is 0 Å². The molecule has 0 fully saturated rings. The Balaban J connectivity index is 1.70. The van der Waals surface area contributed by atoms with Crippen molar-refractivity contribution in [1.29, 1.82) is 0 Å². The maximum absolute atomic E-state index is 13.9. The molecule has 5 heteroatoms. The molecule has 4 rings (SSSR count). The number of thioether (sulfide) groups is 1. The Labute approximate surface area is 155 Å². The summed E-state index contributed by atoms with van der Waals surface area (Å²) in [4.78, 5) is 4.48. The van der Waals surface area contributed by atoms with E-state index in [1.807, 2.05) is 16.8 Å². The van der Waals surface area contributed by atoms with Crippen molar-refractivity contribution >= 4 is 17.3 Å². The van der Waals surface area contributed by atoms with Crippen LogP contribution in [0.25, 0.3) is 16.8 Å². The fourth-order valence-electron chi connectivity index (χ4n) is 2.91. The van der Waals surface area contributed by atoms with E-state index in [4.69, 9.17) is 5.10 Å². The van der Waals surface area contributed by atoms with E-state index in [0.717, 1.165) is 21.8 Å². The molecule has 0 radical (unpaired) electrons. The number of fused-ring (bicyclic) bond motifs is 1. The van der Waals surface area contributed by atoms with Crippen LogP contribution in [0.3, 0.4) is 0 Å². The van der Waals surface area contributed by atoms with Gasteiger partial charge in [0, 0.05) is 23.7 Å². The Morgan fingerprint density at radius 1 is 1.08 bits per heavy atom. The van der Waals surface area contributed by atoms with Gasteiger partial charge in [0.05, 0.1) is 11.2 Å². The lowest BCUT2D eigenvalue weighted by Gasteiger charge is -2.04. The Bertz CT molecular complexity index is 1090. The predicted octanol–water partition coefficient (Wildman–Crippen LogP) is 5.44. The minimum Gasteiger partial charge on any atom is -0.246 e. The molecular weight excluding hydrogens is 345 g/mol. The van der Waals surface area contributed by atoms with Gasteiger partial charge in [-0.2, -0.15) is 5.10 Å². The SMILES string of the molecule is Cc1ccc(C)c(-c2cc3c(SCc4ccccc4F)nccn3n2)c1. The fraction of sp³-hybridized carbons (Fsp3) is 0.143. The summed E-state index contributed by atoms with van der Waals surface area (Å²) >= 11 is 1.52. The first-order valence-electron chi connectivity index (χ1n) is 8.40. The largest absolute Gasteiger partial charge is 0.246 e. The third-order valence-electron chi connectivity index (χ3n) is 4.35. The van der Waals surface area contributed by atoms with E-state index < -0.39 is 0 Å². The molecule has 0 aliphatic carbocycles. The summed E-state index contributed by atoms with van der Waals surface area (Å²) in [5.41, 5.74) is 6.05. The van der Waals surface area contributed by atoms with Gasteiger partial charge < -0.3 is 0 Å². The molecule has 2 aromatic carbocycles. The molecule has 130 valence electrons.